The maximum atomic E-state index is 11.9. The zero-order valence-corrected chi connectivity index (χ0v) is 10.8. The van der Waals surface area contributed by atoms with E-state index in [2.05, 4.69) is 22.6 Å². The zero-order valence-electron chi connectivity index (χ0n) is 10.8. The van der Waals surface area contributed by atoms with Gasteiger partial charge in [0.1, 0.15) is 5.78 Å². The first-order chi connectivity index (χ1) is 8.22. The summed E-state index contributed by atoms with van der Waals surface area (Å²) in [5.41, 5.74) is 0. The minimum absolute atomic E-state index is 0.165. The highest BCUT2D eigenvalue weighted by Crippen LogP contribution is 2.42. The van der Waals surface area contributed by atoms with Gasteiger partial charge in [-0.1, -0.05) is 6.92 Å². The van der Waals surface area contributed by atoms with Gasteiger partial charge in [0, 0.05) is 19.0 Å². The molecule has 0 bridgehead atoms. The molecule has 3 fully saturated rings. The summed E-state index contributed by atoms with van der Waals surface area (Å²) in [6.45, 7) is 4.21. The van der Waals surface area contributed by atoms with E-state index in [4.69, 9.17) is 0 Å². The molecule has 0 spiro atoms. The van der Waals surface area contributed by atoms with Crippen molar-refractivity contribution in [2.75, 3.05) is 20.1 Å². The van der Waals surface area contributed by atoms with Crippen LogP contribution in [0, 0.1) is 11.8 Å². The SMILES string of the molecule is CCC(=O)C1CC2C3CCNCC3NC2N1C. The van der Waals surface area contributed by atoms with Gasteiger partial charge in [0.15, 0.2) is 0 Å². The third-order valence-corrected chi connectivity index (χ3v) is 5.02. The standard InChI is InChI=1S/C13H23N3O/c1-3-12(17)11-6-9-8-4-5-14-7-10(8)15-13(9)16(11)2/h8-11,13-15H,3-7H2,1-2H3. The highest BCUT2D eigenvalue weighted by molar-refractivity contribution is 5.84. The summed E-state index contributed by atoms with van der Waals surface area (Å²) in [5.74, 6) is 1.88. The van der Waals surface area contributed by atoms with Crippen molar-refractivity contribution in [1.82, 2.24) is 15.5 Å². The Bertz CT molecular complexity index is 320. The van der Waals surface area contributed by atoms with Crippen LogP contribution in [-0.2, 0) is 4.79 Å². The third-order valence-electron chi connectivity index (χ3n) is 5.02. The lowest BCUT2D eigenvalue weighted by molar-refractivity contribution is -0.123. The molecule has 3 rings (SSSR count). The van der Waals surface area contributed by atoms with E-state index in [-0.39, 0.29) is 6.04 Å². The highest BCUT2D eigenvalue weighted by Gasteiger charge is 2.52. The first kappa shape index (κ1) is 11.6. The number of likely N-dealkylation sites (N-methyl/N-ethyl adjacent to an activating group) is 1. The molecule has 0 saturated carbocycles. The molecule has 0 aromatic rings. The predicted molar refractivity (Wildman–Crippen MR) is 66.6 cm³/mol. The van der Waals surface area contributed by atoms with Gasteiger partial charge in [-0.25, -0.2) is 0 Å². The Morgan fingerprint density at radius 3 is 3.00 bits per heavy atom. The molecule has 2 N–H and O–H groups in total. The average molecular weight is 237 g/mol. The Morgan fingerprint density at radius 1 is 1.41 bits per heavy atom. The molecular weight excluding hydrogens is 214 g/mol. The first-order valence-corrected chi connectivity index (χ1v) is 6.93. The third kappa shape index (κ3) is 1.74. The van der Waals surface area contributed by atoms with E-state index in [1.807, 2.05) is 6.92 Å². The number of nitrogens with one attached hydrogen (secondary N) is 2. The first-order valence-electron chi connectivity index (χ1n) is 6.93. The number of rotatable bonds is 2. The van der Waals surface area contributed by atoms with E-state index in [0.29, 0.717) is 30.3 Å². The number of carbonyl (C=O) groups excluding carboxylic acids is 1. The second-order valence-corrected chi connectivity index (χ2v) is 5.78. The van der Waals surface area contributed by atoms with Gasteiger partial charge in [0.25, 0.3) is 0 Å². The molecular formula is C13H23N3O. The van der Waals surface area contributed by atoms with E-state index in [0.717, 1.165) is 25.4 Å². The number of nitrogens with zero attached hydrogens (tertiary/aromatic N) is 1. The van der Waals surface area contributed by atoms with Crippen LogP contribution in [0.15, 0.2) is 0 Å². The summed E-state index contributed by atoms with van der Waals surface area (Å²) in [7, 11) is 2.11. The van der Waals surface area contributed by atoms with Crippen molar-refractivity contribution in [3.63, 3.8) is 0 Å². The maximum Gasteiger partial charge on any atom is 0.149 e. The van der Waals surface area contributed by atoms with E-state index >= 15 is 0 Å². The summed E-state index contributed by atoms with van der Waals surface area (Å²) in [6, 6.07) is 0.789. The molecule has 0 aliphatic carbocycles. The van der Waals surface area contributed by atoms with E-state index in [1.165, 1.54) is 6.42 Å². The number of fused-ring (bicyclic) bond motifs is 3. The predicted octanol–water partition coefficient (Wildman–Crippen LogP) is 0.193. The van der Waals surface area contributed by atoms with Crippen molar-refractivity contribution in [1.29, 1.82) is 0 Å². The number of hydrogen-bond donors (Lipinski definition) is 2. The van der Waals surface area contributed by atoms with Gasteiger partial charge in [-0.05, 0) is 38.3 Å². The van der Waals surface area contributed by atoms with Crippen LogP contribution in [0.5, 0.6) is 0 Å². The summed E-state index contributed by atoms with van der Waals surface area (Å²) >= 11 is 0. The van der Waals surface area contributed by atoms with Crippen LogP contribution in [0.4, 0.5) is 0 Å². The van der Waals surface area contributed by atoms with Gasteiger partial charge in [-0.3, -0.25) is 15.0 Å². The Kier molecular flexibility index (Phi) is 2.97. The Balaban J connectivity index is 1.75. The van der Waals surface area contributed by atoms with Crippen LogP contribution in [0.1, 0.15) is 26.2 Å². The van der Waals surface area contributed by atoms with Gasteiger partial charge in [0.2, 0.25) is 0 Å². The van der Waals surface area contributed by atoms with Crippen molar-refractivity contribution in [2.45, 2.75) is 44.4 Å². The van der Waals surface area contributed by atoms with Crippen molar-refractivity contribution >= 4 is 5.78 Å². The van der Waals surface area contributed by atoms with Crippen molar-refractivity contribution in [3.8, 4) is 0 Å². The fourth-order valence-corrected chi connectivity index (χ4v) is 4.09. The smallest absolute Gasteiger partial charge is 0.149 e. The largest absolute Gasteiger partial charge is 0.315 e. The molecule has 5 atom stereocenters. The Labute approximate surface area is 103 Å². The quantitative estimate of drug-likeness (QED) is 0.720. The second-order valence-electron chi connectivity index (χ2n) is 5.78. The lowest BCUT2D eigenvalue weighted by Crippen LogP contribution is -2.50. The van der Waals surface area contributed by atoms with Crippen molar-refractivity contribution < 1.29 is 4.79 Å². The number of carbonyl (C=O) groups is 1. The average Bonchev–Trinajstić information content (AvgIpc) is 2.86. The molecule has 0 amide bonds. The van der Waals surface area contributed by atoms with Gasteiger partial charge in [0.05, 0.1) is 12.2 Å². The molecule has 96 valence electrons. The number of piperidine rings is 1. The van der Waals surface area contributed by atoms with Gasteiger partial charge < -0.3 is 5.32 Å². The fourth-order valence-electron chi connectivity index (χ4n) is 4.09. The maximum absolute atomic E-state index is 11.9. The van der Waals surface area contributed by atoms with E-state index in [1.54, 1.807) is 0 Å². The van der Waals surface area contributed by atoms with Crippen LogP contribution >= 0.6 is 0 Å². The van der Waals surface area contributed by atoms with Crippen LogP contribution in [0.2, 0.25) is 0 Å². The van der Waals surface area contributed by atoms with Crippen molar-refractivity contribution in [2.24, 2.45) is 11.8 Å². The van der Waals surface area contributed by atoms with Crippen LogP contribution in [-0.4, -0.2) is 49.1 Å². The normalized spacial score (nSPS) is 45.6. The molecule has 17 heavy (non-hydrogen) atoms. The minimum Gasteiger partial charge on any atom is -0.315 e. The lowest BCUT2D eigenvalue weighted by atomic mass is 9.82. The number of likely N-dealkylation sites (tertiary alicyclic amines) is 1. The molecule has 3 saturated heterocycles. The molecule has 3 heterocycles. The molecule has 4 heteroatoms. The molecule has 4 nitrogen and oxygen atoms in total. The molecule has 0 aromatic carbocycles. The van der Waals surface area contributed by atoms with Gasteiger partial charge >= 0.3 is 0 Å². The summed E-state index contributed by atoms with van der Waals surface area (Å²) < 4.78 is 0. The Morgan fingerprint density at radius 2 is 2.24 bits per heavy atom. The van der Waals surface area contributed by atoms with Gasteiger partial charge in [-0.15, -0.1) is 0 Å². The van der Waals surface area contributed by atoms with Gasteiger partial charge in [-0.2, -0.15) is 0 Å². The molecule has 5 unspecified atom stereocenters. The summed E-state index contributed by atoms with van der Waals surface area (Å²) in [5, 5.41) is 7.18. The Hall–Kier alpha value is -0.450. The van der Waals surface area contributed by atoms with Crippen LogP contribution < -0.4 is 10.6 Å². The molecule has 0 radical (unpaired) electrons. The van der Waals surface area contributed by atoms with Crippen LogP contribution in [0.25, 0.3) is 0 Å². The fraction of sp³-hybridized carbons (Fsp3) is 0.923. The second kappa shape index (κ2) is 4.34. The minimum atomic E-state index is 0.165. The number of hydrogen-bond acceptors (Lipinski definition) is 4. The summed E-state index contributed by atoms with van der Waals surface area (Å²) in [4.78, 5) is 14.2. The van der Waals surface area contributed by atoms with Crippen molar-refractivity contribution in [3.05, 3.63) is 0 Å². The monoisotopic (exact) mass is 237 g/mol. The molecule has 3 aliphatic rings. The van der Waals surface area contributed by atoms with E-state index < -0.39 is 0 Å². The molecule has 3 aliphatic heterocycles. The summed E-state index contributed by atoms with van der Waals surface area (Å²) in [6.07, 6.45) is 3.44. The zero-order chi connectivity index (χ0) is 12.0. The van der Waals surface area contributed by atoms with E-state index in [9.17, 15) is 4.79 Å². The number of ketones is 1. The highest BCUT2D eigenvalue weighted by atomic mass is 16.1. The lowest BCUT2D eigenvalue weighted by Gasteiger charge is -2.30. The molecule has 0 aromatic heterocycles. The van der Waals surface area contributed by atoms with Crippen LogP contribution in [0.3, 0.4) is 0 Å². The topological polar surface area (TPSA) is 44.4 Å². The number of Topliss-reactive ketones (excluding diaryl/α,β-unsaturated/α-hetero) is 1.